The van der Waals surface area contributed by atoms with E-state index in [0.717, 1.165) is 44.9 Å². The molecule has 2 aliphatic rings. The molecule has 12 atom stereocenters. The van der Waals surface area contributed by atoms with Gasteiger partial charge in [-0.3, -0.25) is 4.79 Å². The van der Waals surface area contributed by atoms with Gasteiger partial charge in [0, 0.05) is 6.42 Å². The van der Waals surface area contributed by atoms with Gasteiger partial charge in [-0.15, -0.1) is 0 Å². The highest BCUT2D eigenvalue weighted by atomic mass is 16.7. The van der Waals surface area contributed by atoms with Gasteiger partial charge < -0.3 is 65.1 Å². The average molecular weight is 998 g/mol. The highest BCUT2D eigenvalue weighted by Crippen LogP contribution is 2.30. The van der Waals surface area contributed by atoms with Crippen LogP contribution in [-0.2, 0) is 23.7 Å². The Bertz CT molecular complexity index is 1320. The zero-order chi connectivity index (χ0) is 51.0. The van der Waals surface area contributed by atoms with Crippen molar-refractivity contribution in [3.05, 3.63) is 36.5 Å². The quantitative estimate of drug-likeness (QED) is 0.0206. The van der Waals surface area contributed by atoms with E-state index in [9.17, 15) is 45.6 Å². The molecular weight excluding hydrogens is 895 g/mol. The van der Waals surface area contributed by atoms with Crippen molar-refractivity contribution in [2.24, 2.45) is 0 Å². The van der Waals surface area contributed by atoms with Gasteiger partial charge in [-0.1, -0.05) is 211 Å². The maximum absolute atomic E-state index is 13.2. The lowest BCUT2D eigenvalue weighted by molar-refractivity contribution is -0.359. The molecule has 0 aliphatic carbocycles. The topological polar surface area (TPSA) is 228 Å². The van der Waals surface area contributed by atoms with E-state index in [0.29, 0.717) is 12.8 Å². The van der Waals surface area contributed by atoms with Gasteiger partial charge in [0.1, 0.15) is 48.8 Å². The minimum absolute atomic E-state index is 0.252. The number of nitrogens with one attached hydrogen (secondary N) is 1. The molecule has 0 aromatic heterocycles. The zero-order valence-electron chi connectivity index (χ0n) is 43.8. The summed E-state index contributed by atoms with van der Waals surface area (Å²) in [5.74, 6) is -0.252. The van der Waals surface area contributed by atoms with Gasteiger partial charge in [0.15, 0.2) is 12.6 Å². The first-order chi connectivity index (χ1) is 34.1. The molecule has 410 valence electrons. The number of aliphatic hydroxyl groups is 8. The first-order valence-electron chi connectivity index (χ1n) is 28.2. The third kappa shape index (κ3) is 28.6. The predicted molar refractivity (Wildman–Crippen MR) is 277 cm³/mol. The van der Waals surface area contributed by atoms with Crippen LogP contribution in [0.25, 0.3) is 0 Å². The van der Waals surface area contributed by atoms with Gasteiger partial charge in [0.2, 0.25) is 5.91 Å². The number of ether oxygens (including phenoxy) is 4. The number of allylic oxidation sites excluding steroid dienone is 5. The summed E-state index contributed by atoms with van der Waals surface area (Å²) in [6, 6.07) is -0.934. The average Bonchev–Trinajstić information content (AvgIpc) is 3.36. The van der Waals surface area contributed by atoms with Crippen molar-refractivity contribution in [2.45, 2.75) is 293 Å². The molecule has 14 nitrogen and oxygen atoms in total. The molecule has 0 aromatic rings. The molecule has 70 heavy (non-hydrogen) atoms. The number of carbonyl (C=O) groups excluding carboxylic acids is 1. The second-order valence-electron chi connectivity index (χ2n) is 20.1. The molecule has 9 N–H and O–H groups in total. The van der Waals surface area contributed by atoms with Crippen molar-refractivity contribution in [3.63, 3.8) is 0 Å². The summed E-state index contributed by atoms with van der Waals surface area (Å²) in [5.41, 5.74) is 0. The number of amides is 1. The predicted octanol–water partition coefficient (Wildman–Crippen LogP) is 8.66. The van der Waals surface area contributed by atoms with E-state index in [4.69, 9.17) is 18.9 Å². The molecular formula is C56H103NO13. The molecule has 1 amide bonds. The minimum Gasteiger partial charge on any atom is -0.394 e. The fourth-order valence-electron chi connectivity index (χ4n) is 9.19. The first kappa shape index (κ1) is 64.3. The number of aliphatic hydroxyl groups excluding tert-OH is 8. The van der Waals surface area contributed by atoms with Crippen molar-refractivity contribution in [1.82, 2.24) is 5.32 Å². The molecule has 0 radical (unpaired) electrons. The van der Waals surface area contributed by atoms with Crippen molar-refractivity contribution < 1.29 is 64.6 Å². The maximum Gasteiger partial charge on any atom is 0.220 e. The van der Waals surface area contributed by atoms with Crippen molar-refractivity contribution >= 4 is 5.91 Å². The SMILES string of the molecule is CCCC/C=C/CC/C=C/CC/C=C/C(O)C(COC1OC(CO)C(OC2OC(CO)C(O)C(O)C2O)C(O)C1O)NC(=O)CCCCCCCCCCCCCCCCCCCCCCCCCC. The van der Waals surface area contributed by atoms with Gasteiger partial charge in [0.05, 0.1) is 32.0 Å². The van der Waals surface area contributed by atoms with Gasteiger partial charge in [-0.05, 0) is 38.5 Å². The number of carbonyl (C=O) groups is 1. The molecule has 0 aromatic carbocycles. The Morgan fingerprint density at radius 2 is 0.914 bits per heavy atom. The van der Waals surface area contributed by atoms with Crippen LogP contribution in [0, 0.1) is 0 Å². The summed E-state index contributed by atoms with van der Waals surface area (Å²) in [5, 5.41) is 86.8. The van der Waals surface area contributed by atoms with E-state index in [1.807, 2.05) is 6.08 Å². The van der Waals surface area contributed by atoms with Crippen LogP contribution in [-0.4, -0.2) is 140 Å². The fraction of sp³-hybridized carbons (Fsp3) is 0.875. The highest BCUT2D eigenvalue weighted by Gasteiger charge is 2.51. The molecule has 14 heteroatoms. The Morgan fingerprint density at radius 3 is 1.39 bits per heavy atom. The number of hydrogen-bond donors (Lipinski definition) is 9. The van der Waals surface area contributed by atoms with Crippen molar-refractivity contribution in [3.8, 4) is 0 Å². The van der Waals surface area contributed by atoms with Crippen LogP contribution >= 0.6 is 0 Å². The Kier molecular flexibility index (Phi) is 39.1. The Labute approximate surface area is 423 Å². The second-order valence-corrected chi connectivity index (χ2v) is 20.1. The van der Waals surface area contributed by atoms with Crippen LogP contribution in [0.15, 0.2) is 36.5 Å². The summed E-state index contributed by atoms with van der Waals surface area (Å²) in [7, 11) is 0. The summed E-state index contributed by atoms with van der Waals surface area (Å²) >= 11 is 0. The molecule has 2 saturated heterocycles. The molecule has 2 fully saturated rings. The molecule has 12 unspecified atom stereocenters. The van der Waals surface area contributed by atoms with Gasteiger partial charge in [-0.25, -0.2) is 0 Å². The summed E-state index contributed by atoms with van der Waals surface area (Å²) in [4.78, 5) is 13.2. The molecule has 2 rings (SSSR count). The molecule has 0 saturated carbocycles. The van der Waals surface area contributed by atoms with Gasteiger partial charge >= 0.3 is 0 Å². The van der Waals surface area contributed by atoms with Crippen LogP contribution in [0.1, 0.15) is 219 Å². The second kappa shape index (κ2) is 42.6. The summed E-state index contributed by atoms with van der Waals surface area (Å²) < 4.78 is 22.7. The lowest BCUT2D eigenvalue weighted by Crippen LogP contribution is -2.65. The lowest BCUT2D eigenvalue weighted by Gasteiger charge is -2.46. The first-order valence-corrected chi connectivity index (χ1v) is 28.2. The van der Waals surface area contributed by atoms with Crippen LogP contribution < -0.4 is 5.32 Å². The van der Waals surface area contributed by atoms with Crippen molar-refractivity contribution in [1.29, 1.82) is 0 Å². The van der Waals surface area contributed by atoms with E-state index in [2.05, 4.69) is 43.5 Å². The lowest BCUT2D eigenvalue weighted by atomic mass is 9.97. The fourth-order valence-corrected chi connectivity index (χ4v) is 9.19. The largest absolute Gasteiger partial charge is 0.394 e. The van der Waals surface area contributed by atoms with Gasteiger partial charge in [0.25, 0.3) is 0 Å². The molecule has 0 bridgehead atoms. The number of rotatable bonds is 44. The Hall–Kier alpha value is -1.79. The van der Waals surface area contributed by atoms with E-state index in [1.165, 1.54) is 141 Å². The van der Waals surface area contributed by atoms with Crippen LogP contribution in [0.3, 0.4) is 0 Å². The van der Waals surface area contributed by atoms with E-state index in [1.54, 1.807) is 6.08 Å². The Balaban J connectivity index is 1.74. The normalized spacial score (nSPS) is 26.2. The Morgan fingerprint density at radius 1 is 0.500 bits per heavy atom. The molecule has 2 heterocycles. The zero-order valence-corrected chi connectivity index (χ0v) is 43.8. The summed E-state index contributed by atoms with van der Waals surface area (Å²) in [6.45, 7) is 2.72. The van der Waals surface area contributed by atoms with E-state index >= 15 is 0 Å². The summed E-state index contributed by atoms with van der Waals surface area (Å²) in [6.07, 6.45) is 33.5. The highest BCUT2D eigenvalue weighted by molar-refractivity contribution is 5.76. The molecule has 2 aliphatic heterocycles. The number of unbranched alkanes of at least 4 members (excludes halogenated alkanes) is 27. The monoisotopic (exact) mass is 998 g/mol. The van der Waals surface area contributed by atoms with E-state index < -0.39 is 86.8 Å². The van der Waals surface area contributed by atoms with Gasteiger partial charge in [-0.2, -0.15) is 0 Å². The van der Waals surface area contributed by atoms with Crippen LogP contribution in [0.5, 0.6) is 0 Å². The van der Waals surface area contributed by atoms with E-state index in [-0.39, 0.29) is 18.9 Å². The minimum atomic E-state index is -1.79. The third-order valence-corrected chi connectivity index (χ3v) is 13.8. The number of hydrogen-bond acceptors (Lipinski definition) is 13. The molecule has 0 spiro atoms. The smallest absolute Gasteiger partial charge is 0.220 e. The third-order valence-electron chi connectivity index (χ3n) is 13.8. The van der Waals surface area contributed by atoms with Crippen LogP contribution in [0.4, 0.5) is 0 Å². The maximum atomic E-state index is 13.2. The standard InChI is InChI=1S/C56H103NO13/c1-3-5-7-9-11-13-15-17-18-19-20-21-22-23-24-25-26-27-28-30-32-34-36-38-40-48(61)57-44(45(60)39-37-35-33-31-29-16-14-12-10-8-6-4-2)43-67-55-53(66)51(64)54(47(42-59)69-55)70-56-52(65)50(63)49(62)46(41-58)68-56/h10,12,29,31,37,39,44-47,49-56,58-60,62-66H,3-9,11,13-28,30,32-36,38,40-43H2,1-2H3,(H,57,61)/b12-10+,31-29+,39-37+. The van der Waals surface area contributed by atoms with Crippen molar-refractivity contribution in [2.75, 3.05) is 19.8 Å². The van der Waals surface area contributed by atoms with Crippen LogP contribution in [0.2, 0.25) is 0 Å².